The molecule has 0 fully saturated rings. The van der Waals surface area contributed by atoms with E-state index in [0.29, 0.717) is 33.8 Å². The largest absolute Gasteiger partial charge is 0.454 e. The fraction of sp³-hybridized carbons (Fsp3) is 0.0800. The summed E-state index contributed by atoms with van der Waals surface area (Å²) >= 11 is 0. The van der Waals surface area contributed by atoms with E-state index >= 15 is 0 Å². The number of nitrogens with one attached hydrogen (secondary N) is 1. The third-order valence-corrected chi connectivity index (χ3v) is 5.62. The second kappa shape index (κ2) is 7.34. The van der Waals surface area contributed by atoms with Crippen molar-refractivity contribution >= 4 is 40.2 Å². The van der Waals surface area contributed by atoms with Crippen LogP contribution in [0.25, 0.3) is 16.9 Å². The first kappa shape index (κ1) is 19.5. The predicted molar refractivity (Wildman–Crippen MR) is 120 cm³/mol. The number of benzene rings is 3. The van der Waals surface area contributed by atoms with Crippen LogP contribution in [-0.4, -0.2) is 28.0 Å². The molecule has 1 atom stereocenters. The topological polar surface area (TPSA) is 95.0 Å². The molecule has 1 N–H and O–H groups in total. The lowest BCUT2D eigenvalue weighted by atomic mass is 9.94. The Bertz CT molecular complexity index is 1330. The molecule has 0 spiro atoms. The van der Waals surface area contributed by atoms with Crippen molar-refractivity contribution < 1.29 is 19.1 Å². The molecule has 2 aliphatic heterocycles. The van der Waals surface area contributed by atoms with E-state index in [1.807, 2.05) is 60.7 Å². The maximum atomic E-state index is 14.1. The molecule has 0 saturated carbocycles. The van der Waals surface area contributed by atoms with Crippen LogP contribution in [0.4, 0.5) is 11.4 Å². The van der Waals surface area contributed by atoms with E-state index in [2.05, 4.69) is 10.1 Å². The van der Waals surface area contributed by atoms with Crippen LogP contribution in [0.5, 0.6) is 0 Å². The fourth-order valence-corrected chi connectivity index (χ4v) is 4.15. The van der Waals surface area contributed by atoms with Gasteiger partial charge in [-0.1, -0.05) is 72.8 Å². The lowest BCUT2D eigenvalue weighted by Crippen LogP contribution is -2.61. The van der Waals surface area contributed by atoms with Gasteiger partial charge in [0.15, 0.2) is 0 Å². The molecule has 7 nitrogen and oxygen atoms in total. The van der Waals surface area contributed by atoms with Gasteiger partial charge in [0.1, 0.15) is 5.76 Å². The number of ether oxygens (including phenoxy) is 1. The van der Waals surface area contributed by atoms with Gasteiger partial charge in [0.05, 0.1) is 16.9 Å². The van der Waals surface area contributed by atoms with Gasteiger partial charge in [-0.05, 0) is 17.7 Å². The normalized spacial score (nSPS) is 19.9. The highest BCUT2D eigenvalue weighted by atomic mass is 16.5. The second-order valence-corrected chi connectivity index (χ2v) is 7.58. The zero-order valence-corrected chi connectivity index (χ0v) is 17.1. The van der Waals surface area contributed by atoms with Crippen LogP contribution in [0.15, 0.2) is 84.9 Å². The Morgan fingerprint density at radius 1 is 0.875 bits per heavy atom. The van der Waals surface area contributed by atoms with E-state index in [9.17, 15) is 15.1 Å². The molecular formula is C25H18N4O3. The number of hydrogen-bond acceptors (Lipinski definition) is 3. The van der Waals surface area contributed by atoms with Crippen molar-refractivity contribution in [3.63, 3.8) is 0 Å². The highest BCUT2D eigenvalue weighted by Crippen LogP contribution is 2.45. The molecule has 2 amide bonds. The van der Waals surface area contributed by atoms with Gasteiger partial charge < -0.3 is 15.6 Å². The number of hydrogen-bond donors (Lipinski definition) is 1. The highest BCUT2D eigenvalue weighted by Gasteiger charge is 2.59. The molecule has 156 valence electrons. The minimum Gasteiger partial charge on any atom is -0.454 e. The van der Waals surface area contributed by atoms with Crippen molar-refractivity contribution in [3.05, 3.63) is 102 Å². The molecule has 5 rings (SSSR count). The van der Waals surface area contributed by atoms with E-state index in [-0.39, 0.29) is 11.6 Å². The summed E-state index contributed by atoms with van der Waals surface area (Å²) in [6, 6.07) is 25.3. The van der Waals surface area contributed by atoms with Crippen molar-refractivity contribution in [2.45, 2.75) is 12.6 Å². The Kier molecular flexibility index (Phi) is 4.47. The molecular weight excluding hydrogens is 404 g/mol. The van der Waals surface area contributed by atoms with Crippen LogP contribution in [0, 0.1) is 0 Å². The first-order valence-electron chi connectivity index (χ1n) is 10.1. The molecule has 7 heteroatoms. The van der Waals surface area contributed by atoms with Crippen molar-refractivity contribution in [1.82, 2.24) is 0 Å². The van der Waals surface area contributed by atoms with E-state index in [0.717, 1.165) is 0 Å². The summed E-state index contributed by atoms with van der Waals surface area (Å²) in [7, 11) is 0. The number of carbonyl (C=O) groups is 2. The minimum atomic E-state index is -1.69. The van der Waals surface area contributed by atoms with Crippen molar-refractivity contribution in [2.75, 3.05) is 10.2 Å². The van der Waals surface area contributed by atoms with Crippen molar-refractivity contribution in [2.24, 2.45) is 0 Å². The van der Waals surface area contributed by atoms with E-state index in [1.54, 1.807) is 31.2 Å². The van der Waals surface area contributed by atoms with Crippen LogP contribution >= 0.6 is 0 Å². The number of anilines is 2. The SMILES string of the molecule is CC12OC(c3ccccc3)=C(c3ccccc3)C(=O)N1c1ccccc1NC(=O)C2=[N+]=[N-]. The van der Waals surface area contributed by atoms with E-state index < -0.39 is 11.6 Å². The quantitative estimate of drug-likeness (QED) is 0.500. The number of nitrogens with zero attached hydrogens (tertiary/aromatic N) is 3. The van der Waals surface area contributed by atoms with Crippen LogP contribution < -0.4 is 10.2 Å². The summed E-state index contributed by atoms with van der Waals surface area (Å²) in [5.41, 5.74) is 10.3. The number of fused-ring (bicyclic) bond motifs is 3. The summed E-state index contributed by atoms with van der Waals surface area (Å²) in [5.74, 6) is -0.740. The van der Waals surface area contributed by atoms with Gasteiger partial charge in [-0.25, -0.2) is 0 Å². The third kappa shape index (κ3) is 2.84. The van der Waals surface area contributed by atoms with Gasteiger partial charge in [0.2, 0.25) is 0 Å². The number of para-hydroxylation sites is 2. The molecule has 2 aliphatic rings. The molecule has 0 aliphatic carbocycles. The third-order valence-electron chi connectivity index (χ3n) is 5.62. The average molecular weight is 422 g/mol. The Morgan fingerprint density at radius 2 is 1.47 bits per heavy atom. The molecule has 0 saturated heterocycles. The van der Waals surface area contributed by atoms with Crippen LogP contribution in [0.3, 0.4) is 0 Å². The molecule has 3 aromatic carbocycles. The standard InChI is InChI=1S/C25H18N4O3/c1-25-22(28-26)23(30)27-18-14-8-9-15-19(18)29(25)24(31)20(16-10-4-2-5-11-16)21(32-25)17-12-6-3-7-13-17/h2-15H,1H3,(H,27,30). The maximum absolute atomic E-state index is 14.1. The van der Waals surface area contributed by atoms with Crippen molar-refractivity contribution in [1.29, 1.82) is 0 Å². The number of amides is 2. The molecule has 0 bridgehead atoms. The van der Waals surface area contributed by atoms with Gasteiger partial charge in [-0.2, -0.15) is 4.79 Å². The van der Waals surface area contributed by atoms with Gasteiger partial charge in [0, 0.05) is 12.5 Å². The van der Waals surface area contributed by atoms with E-state index in [4.69, 9.17) is 4.74 Å². The monoisotopic (exact) mass is 422 g/mol. The molecule has 32 heavy (non-hydrogen) atoms. The number of carbonyl (C=O) groups excluding carboxylic acids is 2. The van der Waals surface area contributed by atoms with Crippen LogP contribution in [0.1, 0.15) is 18.1 Å². The number of rotatable bonds is 2. The van der Waals surface area contributed by atoms with Crippen LogP contribution in [-0.2, 0) is 14.3 Å². The Morgan fingerprint density at radius 3 is 2.12 bits per heavy atom. The Labute approximate surface area is 184 Å². The van der Waals surface area contributed by atoms with Gasteiger partial charge in [-0.15, -0.1) is 0 Å². The van der Waals surface area contributed by atoms with E-state index in [1.165, 1.54) is 4.90 Å². The maximum Gasteiger partial charge on any atom is 0.420 e. The Hall–Kier alpha value is -4.48. The fourth-order valence-electron chi connectivity index (χ4n) is 4.15. The zero-order valence-electron chi connectivity index (χ0n) is 17.1. The smallest absolute Gasteiger partial charge is 0.420 e. The molecule has 0 aromatic heterocycles. The summed E-state index contributed by atoms with van der Waals surface area (Å²) in [5, 5.41) is 2.71. The predicted octanol–water partition coefficient (Wildman–Crippen LogP) is 3.96. The molecule has 3 aromatic rings. The summed E-state index contributed by atoms with van der Waals surface area (Å²) in [6.07, 6.45) is 0. The first-order chi connectivity index (χ1) is 15.5. The van der Waals surface area contributed by atoms with Gasteiger partial charge in [-0.3, -0.25) is 14.5 Å². The summed E-state index contributed by atoms with van der Waals surface area (Å²) in [4.78, 5) is 31.7. The lowest BCUT2D eigenvalue weighted by Gasteiger charge is -2.41. The highest BCUT2D eigenvalue weighted by molar-refractivity contribution is 6.48. The first-order valence-corrected chi connectivity index (χ1v) is 10.1. The molecule has 2 heterocycles. The molecule has 0 radical (unpaired) electrons. The molecule has 1 unspecified atom stereocenters. The van der Waals surface area contributed by atoms with Crippen molar-refractivity contribution in [3.8, 4) is 0 Å². The van der Waals surface area contributed by atoms with Gasteiger partial charge >= 0.3 is 11.6 Å². The second-order valence-electron chi connectivity index (χ2n) is 7.58. The summed E-state index contributed by atoms with van der Waals surface area (Å²) in [6.45, 7) is 1.55. The van der Waals surface area contributed by atoms with Gasteiger partial charge in [0.25, 0.3) is 11.6 Å². The minimum absolute atomic E-state index is 0.300. The average Bonchev–Trinajstić information content (AvgIpc) is 2.90. The van der Waals surface area contributed by atoms with Crippen LogP contribution in [0.2, 0.25) is 0 Å². The summed E-state index contributed by atoms with van der Waals surface area (Å²) < 4.78 is 6.45. The Balaban J connectivity index is 1.85. The zero-order chi connectivity index (χ0) is 22.3. The lowest BCUT2D eigenvalue weighted by molar-refractivity contribution is -0.121.